The molecule has 1 heterocycles. The lowest BCUT2D eigenvalue weighted by Crippen LogP contribution is -2.35. The Kier molecular flexibility index (Phi) is 4.68. The molecule has 0 saturated heterocycles. The second kappa shape index (κ2) is 5.80. The van der Waals surface area contributed by atoms with E-state index in [1.54, 1.807) is 18.6 Å². The highest BCUT2D eigenvalue weighted by atomic mass is 35.5. The Bertz CT molecular complexity index is 355. The van der Waals surface area contributed by atoms with Gasteiger partial charge in [-0.25, -0.2) is 9.98 Å². The highest BCUT2D eigenvalue weighted by Gasteiger charge is 2.08. The highest BCUT2D eigenvalue weighted by Crippen LogP contribution is 2.09. The van der Waals surface area contributed by atoms with E-state index < -0.39 is 0 Å². The van der Waals surface area contributed by atoms with Crippen molar-refractivity contribution >= 4 is 23.9 Å². The summed E-state index contributed by atoms with van der Waals surface area (Å²) in [6.45, 7) is 8.46. The van der Waals surface area contributed by atoms with Crippen molar-refractivity contribution in [2.45, 2.75) is 39.8 Å². The molecule has 0 fully saturated rings. The molecule has 0 bridgehead atoms. The van der Waals surface area contributed by atoms with E-state index in [0.717, 1.165) is 0 Å². The molecule has 0 aliphatic carbocycles. The summed E-state index contributed by atoms with van der Waals surface area (Å²) in [4.78, 5) is 14.3. The summed E-state index contributed by atoms with van der Waals surface area (Å²) in [5, 5.41) is 0.405. The summed E-state index contributed by atoms with van der Waals surface area (Å²) in [5.74, 6) is 0.388. The Morgan fingerprint density at radius 2 is 1.94 bits per heavy atom. The number of hydrogen-bond donors (Lipinski definition) is 0. The molecule has 4 nitrogen and oxygen atoms in total. The van der Waals surface area contributed by atoms with E-state index in [-0.39, 0.29) is 0 Å². The van der Waals surface area contributed by atoms with E-state index in [0.29, 0.717) is 23.2 Å². The van der Waals surface area contributed by atoms with Crippen molar-refractivity contribution in [1.29, 1.82) is 0 Å². The van der Waals surface area contributed by atoms with Crippen LogP contribution in [0.1, 0.15) is 27.7 Å². The Balaban J connectivity index is 2.78. The molecule has 88 valence electrons. The first kappa shape index (κ1) is 12.9. The summed E-state index contributed by atoms with van der Waals surface area (Å²) < 4.78 is 0. The lowest BCUT2D eigenvalue weighted by atomic mass is 10.2. The van der Waals surface area contributed by atoms with Crippen LogP contribution in [-0.2, 0) is 0 Å². The first-order valence-electron chi connectivity index (χ1n) is 5.31. The van der Waals surface area contributed by atoms with E-state index in [1.807, 2.05) is 0 Å². The zero-order valence-corrected chi connectivity index (χ0v) is 10.8. The lowest BCUT2D eigenvalue weighted by Gasteiger charge is -2.27. The molecule has 0 saturated carbocycles. The number of rotatable bonds is 4. The number of aliphatic imine (C=N–C) groups is 1. The molecule has 0 unspecified atom stereocenters. The van der Waals surface area contributed by atoms with Gasteiger partial charge in [-0.1, -0.05) is 11.6 Å². The number of hydrogen-bond acceptors (Lipinski definition) is 3. The van der Waals surface area contributed by atoms with Crippen molar-refractivity contribution in [1.82, 2.24) is 14.9 Å². The van der Waals surface area contributed by atoms with Crippen LogP contribution in [0.15, 0.2) is 17.3 Å². The molecule has 0 aliphatic rings. The van der Waals surface area contributed by atoms with Crippen molar-refractivity contribution < 1.29 is 0 Å². The zero-order valence-electron chi connectivity index (χ0n) is 10.1. The molecular weight excluding hydrogens is 224 g/mol. The lowest BCUT2D eigenvalue weighted by molar-refractivity contribution is 0.301. The van der Waals surface area contributed by atoms with Crippen LogP contribution in [0.25, 0.3) is 0 Å². The highest BCUT2D eigenvalue weighted by molar-refractivity contribution is 6.29. The third-order valence-corrected chi connectivity index (χ3v) is 2.32. The van der Waals surface area contributed by atoms with E-state index in [9.17, 15) is 0 Å². The summed E-state index contributed by atoms with van der Waals surface area (Å²) in [5.41, 5.74) is 0. The van der Waals surface area contributed by atoms with Crippen molar-refractivity contribution in [3.8, 4) is 0 Å². The molecule has 0 N–H and O–H groups in total. The number of aromatic nitrogens is 2. The minimum absolute atomic E-state index is 0.388. The summed E-state index contributed by atoms with van der Waals surface area (Å²) >= 11 is 5.75. The molecule has 0 amide bonds. The number of halogens is 1. The van der Waals surface area contributed by atoms with Gasteiger partial charge in [0.2, 0.25) is 0 Å². The minimum Gasteiger partial charge on any atom is -0.358 e. The predicted octanol–water partition coefficient (Wildman–Crippen LogP) is 2.91. The van der Waals surface area contributed by atoms with Gasteiger partial charge in [0.25, 0.3) is 5.95 Å². The third kappa shape index (κ3) is 3.77. The summed E-state index contributed by atoms with van der Waals surface area (Å²) in [6, 6.07) is 2.41. The fourth-order valence-corrected chi connectivity index (χ4v) is 1.50. The third-order valence-electron chi connectivity index (χ3n) is 2.11. The van der Waals surface area contributed by atoms with Gasteiger partial charge in [0.1, 0.15) is 5.15 Å². The molecule has 0 spiro atoms. The summed E-state index contributed by atoms with van der Waals surface area (Å²) in [7, 11) is 0. The molecule has 0 atom stereocenters. The quantitative estimate of drug-likeness (QED) is 0.462. The predicted molar refractivity (Wildman–Crippen MR) is 67.3 cm³/mol. The fraction of sp³-hybridized carbons (Fsp3) is 0.545. The first-order valence-corrected chi connectivity index (χ1v) is 5.68. The number of nitrogens with zero attached hydrogens (tertiary/aromatic N) is 4. The van der Waals surface area contributed by atoms with Crippen molar-refractivity contribution in [2.24, 2.45) is 4.99 Å². The second-order valence-corrected chi connectivity index (χ2v) is 4.45. The van der Waals surface area contributed by atoms with Crippen LogP contribution in [0.4, 0.5) is 5.95 Å². The topological polar surface area (TPSA) is 41.4 Å². The largest absolute Gasteiger partial charge is 0.358 e. The fourth-order valence-electron chi connectivity index (χ4n) is 1.37. The molecule has 0 aromatic carbocycles. The molecule has 0 radical (unpaired) electrons. The average molecular weight is 241 g/mol. The Labute approximate surface area is 101 Å². The maximum Gasteiger partial charge on any atom is 0.252 e. The van der Waals surface area contributed by atoms with Gasteiger partial charge in [-0.15, -0.1) is 0 Å². The normalized spacial score (nSPS) is 11.7. The van der Waals surface area contributed by atoms with E-state index >= 15 is 0 Å². The maximum absolute atomic E-state index is 5.75. The van der Waals surface area contributed by atoms with Crippen LogP contribution < -0.4 is 0 Å². The van der Waals surface area contributed by atoms with Crippen LogP contribution in [0.5, 0.6) is 0 Å². The van der Waals surface area contributed by atoms with Crippen molar-refractivity contribution in [3.63, 3.8) is 0 Å². The zero-order chi connectivity index (χ0) is 12.1. The molecular formula is C11H17ClN4. The van der Waals surface area contributed by atoms with Gasteiger partial charge >= 0.3 is 0 Å². The first-order chi connectivity index (χ1) is 7.50. The molecule has 1 aromatic heterocycles. The maximum atomic E-state index is 5.75. The Morgan fingerprint density at radius 1 is 1.31 bits per heavy atom. The summed E-state index contributed by atoms with van der Waals surface area (Å²) in [6.07, 6.45) is 3.36. The molecule has 1 rings (SSSR count). The molecule has 0 aliphatic heterocycles. The van der Waals surface area contributed by atoms with E-state index in [4.69, 9.17) is 11.6 Å². The van der Waals surface area contributed by atoms with Gasteiger partial charge in [-0.05, 0) is 33.8 Å². The van der Waals surface area contributed by atoms with Gasteiger partial charge in [0, 0.05) is 18.3 Å². The molecule has 5 heteroatoms. The van der Waals surface area contributed by atoms with Crippen molar-refractivity contribution in [2.75, 3.05) is 0 Å². The Hall–Kier alpha value is -1.16. The van der Waals surface area contributed by atoms with Gasteiger partial charge < -0.3 is 4.90 Å². The van der Waals surface area contributed by atoms with E-state index in [2.05, 4.69) is 47.6 Å². The monoisotopic (exact) mass is 240 g/mol. The van der Waals surface area contributed by atoms with Crippen LogP contribution in [0.3, 0.4) is 0 Å². The van der Waals surface area contributed by atoms with Gasteiger partial charge in [0.05, 0.1) is 6.34 Å². The SMILES string of the molecule is CC(C)N(C=Nc1nccc(Cl)n1)C(C)C. The van der Waals surface area contributed by atoms with E-state index in [1.165, 1.54) is 0 Å². The minimum atomic E-state index is 0.388. The molecule has 16 heavy (non-hydrogen) atoms. The van der Waals surface area contributed by atoms with Crippen LogP contribution >= 0.6 is 11.6 Å². The smallest absolute Gasteiger partial charge is 0.252 e. The van der Waals surface area contributed by atoms with Crippen molar-refractivity contribution in [3.05, 3.63) is 17.4 Å². The Morgan fingerprint density at radius 3 is 2.44 bits per heavy atom. The van der Waals surface area contributed by atoms with Crippen LogP contribution in [0.2, 0.25) is 5.15 Å². The standard InChI is InChI=1S/C11H17ClN4/c1-8(2)16(9(3)4)7-14-11-13-6-5-10(12)15-11/h5-9H,1-4H3. The van der Waals surface area contributed by atoms with Gasteiger partial charge in [-0.2, -0.15) is 4.98 Å². The average Bonchev–Trinajstić information content (AvgIpc) is 2.16. The van der Waals surface area contributed by atoms with Gasteiger partial charge in [0.15, 0.2) is 0 Å². The van der Waals surface area contributed by atoms with Gasteiger partial charge in [-0.3, -0.25) is 0 Å². The molecule has 1 aromatic rings. The van der Waals surface area contributed by atoms with Crippen LogP contribution in [0, 0.1) is 0 Å². The van der Waals surface area contributed by atoms with Crippen LogP contribution in [-0.4, -0.2) is 33.3 Å². The second-order valence-electron chi connectivity index (χ2n) is 4.06.